The molecule has 0 saturated carbocycles. The van der Waals surface area contributed by atoms with Crippen molar-refractivity contribution < 1.29 is 14.3 Å². The lowest BCUT2D eigenvalue weighted by atomic mass is 10.1. The van der Waals surface area contributed by atoms with Crippen LogP contribution in [0.3, 0.4) is 0 Å². The maximum atomic E-state index is 12.4. The lowest BCUT2D eigenvalue weighted by Gasteiger charge is -2.25. The summed E-state index contributed by atoms with van der Waals surface area (Å²) in [5.74, 6) is 0.986. The zero-order valence-corrected chi connectivity index (χ0v) is 15.1. The van der Waals surface area contributed by atoms with Crippen LogP contribution in [-0.4, -0.2) is 23.6 Å². The van der Waals surface area contributed by atoms with Gasteiger partial charge < -0.3 is 9.47 Å². The number of aromatic nitrogens is 1. The number of nitrogens with one attached hydrogen (secondary N) is 1. The molecule has 0 spiro atoms. The summed E-state index contributed by atoms with van der Waals surface area (Å²) in [6, 6.07) is 15.7. The van der Waals surface area contributed by atoms with Gasteiger partial charge in [0.15, 0.2) is 16.6 Å². The Hall–Kier alpha value is -2.86. The minimum Gasteiger partial charge on any atom is -0.485 e. The first kappa shape index (κ1) is 16.6. The van der Waals surface area contributed by atoms with Gasteiger partial charge in [0.05, 0.1) is 0 Å². The fourth-order valence-electron chi connectivity index (χ4n) is 2.80. The molecule has 4 rings (SSSR count). The van der Waals surface area contributed by atoms with Crippen LogP contribution in [0.25, 0.3) is 0 Å². The monoisotopic (exact) mass is 366 g/mol. The van der Waals surface area contributed by atoms with Crippen LogP contribution in [-0.2, 0) is 11.2 Å². The van der Waals surface area contributed by atoms with Gasteiger partial charge in [-0.15, -0.1) is 11.3 Å². The Kier molecular flexibility index (Phi) is 4.58. The second kappa shape index (κ2) is 7.17. The Labute approximate surface area is 155 Å². The average Bonchev–Trinajstić information content (AvgIpc) is 3.08. The molecule has 1 aromatic heterocycles. The summed E-state index contributed by atoms with van der Waals surface area (Å²) in [5, 5.41) is 3.39. The van der Waals surface area contributed by atoms with Crippen LogP contribution in [0.4, 0.5) is 5.13 Å². The predicted octanol–water partition coefficient (Wildman–Crippen LogP) is 3.82. The van der Waals surface area contributed by atoms with Crippen molar-refractivity contribution >= 4 is 22.4 Å². The van der Waals surface area contributed by atoms with E-state index in [0.717, 1.165) is 11.3 Å². The number of rotatable bonds is 4. The first-order chi connectivity index (χ1) is 12.7. The molecule has 6 heteroatoms. The number of nitrogens with zero attached hydrogens (tertiary/aromatic N) is 1. The molecule has 5 nitrogen and oxygen atoms in total. The summed E-state index contributed by atoms with van der Waals surface area (Å²) >= 11 is 1.47. The van der Waals surface area contributed by atoms with Gasteiger partial charge in [-0.3, -0.25) is 10.1 Å². The zero-order valence-electron chi connectivity index (χ0n) is 14.3. The second-order valence-electron chi connectivity index (χ2n) is 6.15. The van der Waals surface area contributed by atoms with E-state index < -0.39 is 6.10 Å². The van der Waals surface area contributed by atoms with Crippen molar-refractivity contribution in [1.29, 1.82) is 0 Å². The number of carbonyl (C=O) groups is 1. The van der Waals surface area contributed by atoms with Crippen molar-refractivity contribution in [3.63, 3.8) is 0 Å². The van der Waals surface area contributed by atoms with E-state index in [2.05, 4.69) is 35.4 Å². The summed E-state index contributed by atoms with van der Waals surface area (Å²) in [7, 11) is 0. The Morgan fingerprint density at radius 3 is 2.92 bits per heavy atom. The number of hydrogen-bond donors (Lipinski definition) is 1. The van der Waals surface area contributed by atoms with Gasteiger partial charge in [0, 0.05) is 17.5 Å². The van der Waals surface area contributed by atoms with Gasteiger partial charge in [0.25, 0.3) is 5.91 Å². The molecule has 0 bridgehead atoms. The number of benzene rings is 2. The molecule has 1 aliphatic heterocycles. The van der Waals surface area contributed by atoms with Gasteiger partial charge in [0.2, 0.25) is 6.10 Å². The summed E-state index contributed by atoms with van der Waals surface area (Å²) in [6.45, 7) is 2.26. The molecule has 3 aromatic rings. The predicted molar refractivity (Wildman–Crippen MR) is 101 cm³/mol. The number of thiazole rings is 1. The largest absolute Gasteiger partial charge is 0.485 e. The molecule has 2 aromatic carbocycles. The number of carbonyl (C=O) groups excluding carboxylic acids is 1. The SMILES string of the molecule is Cc1cccc(Cc2cnc(NC(=O)[C@H]3COc4ccccc4O3)s2)c1. The van der Waals surface area contributed by atoms with Crippen molar-refractivity contribution in [2.45, 2.75) is 19.4 Å². The van der Waals surface area contributed by atoms with E-state index in [1.54, 1.807) is 12.3 Å². The number of ether oxygens (including phenoxy) is 2. The van der Waals surface area contributed by atoms with Crippen LogP contribution in [0.5, 0.6) is 11.5 Å². The van der Waals surface area contributed by atoms with Crippen LogP contribution < -0.4 is 14.8 Å². The van der Waals surface area contributed by atoms with Gasteiger partial charge in [-0.1, -0.05) is 42.0 Å². The Morgan fingerprint density at radius 2 is 2.08 bits per heavy atom. The third kappa shape index (κ3) is 3.70. The van der Waals surface area contributed by atoms with E-state index in [1.165, 1.54) is 22.5 Å². The van der Waals surface area contributed by atoms with Crippen molar-refractivity contribution in [1.82, 2.24) is 4.98 Å². The highest BCUT2D eigenvalue weighted by molar-refractivity contribution is 7.15. The molecule has 0 aliphatic carbocycles. The summed E-state index contributed by atoms with van der Waals surface area (Å²) in [6.07, 6.45) is 1.91. The Balaban J connectivity index is 1.39. The van der Waals surface area contributed by atoms with Crippen LogP contribution >= 0.6 is 11.3 Å². The highest BCUT2D eigenvalue weighted by atomic mass is 32.1. The minimum absolute atomic E-state index is 0.185. The van der Waals surface area contributed by atoms with Crippen molar-refractivity contribution in [2.24, 2.45) is 0 Å². The molecule has 2 heterocycles. The molecule has 0 saturated heterocycles. The Bertz CT molecular complexity index is 938. The standard InChI is InChI=1S/C20H18N2O3S/c1-13-5-4-6-14(9-13)10-15-11-21-20(26-15)22-19(23)18-12-24-16-7-2-3-8-17(16)25-18/h2-9,11,18H,10,12H2,1H3,(H,21,22,23)/t18-/m1/s1. The molecule has 1 amide bonds. The maximum Gasteiger partial charge on any atom is 0.270 e. The molecule has 0 radical (unpaired) electrons. The van der Waals surface area contributed by atoms with E-state index >= 15 is 0 Å². The highest BCUT2D eigenvalue weighted by Gasteiger charge is 2.27. The number of hydrogen-bond acceptors (Lipinski definition) is 5. The topological polar surface area (TPSA) is 60.5 Å². The lowest BCUT2D eigenvalue weighted by Crippen LogP contribution is -2.40. The molecule has 1 N–H and O–H groups in total. The van der Waals surface area contributed by atoms with Gasteiger partial charge in [0.1, 0.15) is 6.61 Å². The van der Waals surface area contributed by atoms with Crippen molar-refractivity contribution in [3.8, 4) is 11.5 Å². The summed E-state index contributed by atoms with van der Waals surface area (Å²) in [5.41, 5.74) is 2.46. The van der Waals surface area contributed by atoms with E-state index in [0.29, 0.717) is 16.6 Å². The van der Waals surface area contributed by atoms with E-state index in [9.17, 15) is 4.79 Å². The molecule has 1 atom stereocenters. The van der Waals surface area contributed by atoms with Gasteiger partial charge in [-0.05, 0) is 24.6 Å². The summed E-state index contributed by atoms with van der Waals surface area (Å²) < 4.78 is 11.3. The molecule has 0 unspecified atom stereocenters. The van der Waals surface area contributed by atoms with Crippen LogP contribution in [0, 0.1) is 6.92 Å². The second-order valence-corrected chi connectivity index (χ2v) is 7.27. The molecule has 26 heavy (non-hydrogen) atoms. The lowest BCUT2D eigenvalue weighted by molar-refractivity contribution is -0.125. The number of amides is 1. The van der Waals surface area contributed by atoms with E-state index in [1.807, 2.05) is 24.3 Å². The molecular formula is C20H18N2O3S. The first-order valence-electron chi connectivity index (χ1n) is 8.37. The fraction of sp³-hybridized carbons (Fsp3) is 0.200. The molecular weight excluding hydrogens is 348 g/mol. The minimum atomic E-state index is -0.686. The summed E-state index contributed by atoms with van der Waals surface area (Å²) in [4.78, 5) is 17.8. The van der Waals surface area contributed by atoms with E-state index in [4.69, 9.17) is 9.47 Å². The van der Waals surface area contributed by atoms with E-state index in [-0.39, 0.29) is 12.5 Å². The van der Waals surface area contributed by atoms with Crippen LogP contribution in [0.1, 0.15) is 16.0 Å². The maximum absolute atomic E-state index is 12.4. The normalized spacial score (nSPS) is 15.5. The fourth-order valence-corrected chi connectivity index (χ4v) is 3.65. The highest BCUT2D eigenvalue weighted by Crippen LogP contribution is 2.31. The van der Waals surface area contributed by atoms with Crippen LogP contribution in [0.15, 0.2) is 54.7 Å². The average molecular weight is 366 g/mol. The number of para-hydroxylation sites is 2. The van der Waals surface area contributed by atoms with Crippen molar-refractivity contribution in [3.05, 3.63) is 70.7 Å². The number of fused-ring (bicyclic) bond motifs is 1. The number of aryl methyl sites for hydroxylation is 1. The van der Waals surface area contributed by atoms with Crippen molar-refractivity contribution in [2.75, 3.05) is 11.9 Å². The molecule has 1 aliphatic rings. The third-order valence-corrected chi connectivity index (χ3v) is 4.96. The van der Waals surface area contributed by atoms with Gasteiger partial charge in [-0.2, -0.15) is 0 Å². The third-order valence-electron chi connectivity index (χ3n) is 4.05. The van der Waals surface area contributed by atoms with Crippen LogP contribution in [0.2, 0.25) is 0 Å². The quantitative estimate of drug-likeness (QED) is 0.763. The van der Waals surface area contributed by atoms with Gasteiger partial charge in [-0.25, -0.2) is 4.98 Å². The molecule has 0 fully saturated rings. The number of anilines is 1. The molecule has 132 valence electrons. The first-order valence-corrected chi connectivity index (χ1v) is 9.18. The zero-order chi connectivity index (χ0) is 17.9. The van der Waals surface area contributed by atoms with Gasteiger partial charge >= 0.3 is 0 Å². The smallest absolute Gasteiger partial charge is 0.270 e. The Morgan fingerprint density at radius 1 is 1.23 bits per heavy atom.